The van der Waals surface area contributed by atoms with Crippen molar-refractivity contribution in [1.82, 2.24) is 5.32 Å². The zero-order valence-corrected chi connectivity index (χ0v) is 10.2. The number of hydrogen-bond acceptors (Lipinski definition) is 2. The van der Waals surface area contributed by atoms with E-state index in [0.717, 1.165) is 32.4 Å². The summed E-state index contributed by atoms with van der Waals surface area (Å²) in [6.45, 7) is 10.9. The van der Waals surface area contributed by atoms with Gasteiger partial charge < -0.3 is 10.1 Å². The van der Waals surface area contributed by atoms with Crippen LogP contribution in [-0.4, -0.2) is 24.3 Å². The van der Waals surface area contributed by atoms with E-state index in [1.54, 1.807) is 0 Å². The first-order chi connectivity index (χ1) is 6.60. The average Bonchev–Trinajstić information content (AvgIpc) is 2.39. The van der Waals surface area contributed by atoms with Gasteiger partial charge >= 0.3 is 0 Å². The lowest BCUT2D eigenvalue weighted by Gasteiger charge is -2.32. The van der Waals surface area contributed by atoms with Crippen LogP contribution in [-0.2, 0) is 4.74 Å². The molecule has 1 unspecified atom stereocenters. The molecule has 1 fully saturated rings. The highest BCUT2D eigenvalue weighted by molar-refractivity contribution is 4.91. The minimum atomic E-state index is 0.0902. The van der Waals surface area contributed by atoms with Gasteiger partial charge in [-0.3, -0.25) is 0 Å². The van der Waals surface area contributed by atoms with E-state index in [9.17, 15) is 0 Å². The maximum Gasteiger partial charge on any atom is 0.0801 e. The second-order valence-electron chi connectivity index (χ2n) is 4.76. The molecule has 1 aliphatic rings. The third kappa shape index (κ3) is 2.48. The minimum Gasteiger partial charge on any atom is -0.374 e. The van der Waals surface area contributed by atoms with Crippen LogP contribution < -0.4 is 5.32 Å². The van der Waals surface area contributed by atoms with Crippen LogP contribution in [0.4, 0.5) is 0 Å². The molecular formula is C12H25NO. The highest BCUT2D eigenvalue weighted by Gasteiger charge is 2.34. The molecule has 0 amide bonds. The molecule has 0 saturated carbocycles. The van der Waals surface area contributed by atoms with Crippen LogP contribution in [0.1, 0.15) is 53.4 Å². The minimum absolute atomic E-state index is 0.0902. The molecule has 0 aromatic carbocycles. The second kappa shape index (κ2) is 4.63. The third-order valence-electron chi connectivity index (χ3n) is 3.97. The number of nitrogens with one attached hydrogen (secondary N) is 1. The van der Waals surface area contributed by atoms with Gasteiger partial charge in [-0.2, -0.15) is 0 Å². The van der Waals surface area contributed by atoms with Gasteiger partial charge in [0.25, 0.3) is 0 Å². The van der Waals surface area contributed by atoms with Crippen molar-refractivity contribution in [3.05, 3.63) is 0 Å². The van der Waals surface area contributed by atoms with Crippen LogP contribution in [0.25, 0.3) is 0 Å². The van der Waals surface area contributed by atoms with Crippen molar-refractivity contribution in [2.24, 2.45) is 0 Å². The second-order valence-corrected chi connectivity index (χ2v) is 4.76. The molecule has 2 heteroatoms. The molecule has 0 spiro atoms. The molecule has 14 heavy (non-hydrogen) atoms. The van der Waals surface area contributed by atoms with Gasteiger partial charge in [0.1, 0.15) is 0 Å². The first-order valence-corrected chi connectivity index (χ1v) is 5.99. The molecule has 0 aliphatic carbocycles. The average molecular weight is 199 g/mol. The topological polar surface area (TPSA) is 21.3 Å². The van der Waals surface area contributed by atoms with E-state index in [0.29, 0.717) is 0 Å². The molecule has 1 aliphatic heterocycles. The Kier molecular flexibility index (Phi) is 3.96. The molecule has 1 N–H and O–H groups in total. The SMILES string of the molecule is CCC1(C)CCOC(CC)(CC)CN1. The molecule has 1 atom stereocenters. The standard InChI is InChI=1S/C12H25NO/c1-5-11(4)8-9-14-12(6-2,7-3)10-13-11/h13H,5-10H2,1-4H3. The molecule has 1 rings (SSSR count). The van der Waals surface area contributed by atoms with Gasteiger partial charge in [0.15, 0.2) is 0 Å². The van der Waals surface area contributed by atoms with Crippen molar-refractivity contribution in [3.8, 4) is 0 Å². The van der Waals surface area contributed by atoms with Crippen molar-refractivity contribution in [3.63, 3.8) is 0 Å². The van der Waals surface area contributed by atoms with Crippen LogP contribution in [0.15, 0.2) is 0 Å². The van der Waals surface area contributed by atoms with E-state index in [-0.39, 0.29) is 11.1 Å². The Morgan fingerprint density at radius 2 is 1.79 bits per heavy atom. The zero-order chi connectivity index (χ0) is 10.7. The van der Waals surface area contributed by atoms with Crippen molar-refractivity contribution in [2.75, 3.05) is 13.2 Å². The van der Waals surface area contributed by atoms with E-state index in [4.69, 9.17) is 4.74 Å². The van der Waals surface area contributed by atoms with Crippen LogP contribution in [0, 0.1) is 0 Å². The van der Waals surface area contributed by atoms with E-state index in [2.05, 4.69) is 33.0 Å². The zero-order valence-electron chi connectivity index (χ0n) is 10.2. The van der Waals surface area contributed by atoms with Crippen LogP contribution >= 0.6 is 0 Å². The molecule has 84 valence electrons. The Morgan fingerprint density at radius 1 is 1.14 bits per heavy atom. The number of ether oxygens (including phenoxy) is 1. The maximum absolute atomic E-state index is 6.02. The van der Waals surface area contributed by atoms with Gasteiger partial charge in [0.2, 0.25) is 0 Å². The van der Waals surface area contributed by atoms with Gasteiger partial charge in [-0.15, -0.1) is 0 Å². The molecule has 0 bridgehead atoms. The molecule has 0 aromatic heterocycles. The lowest BCUT2D eigenvalue weighted by molar-refractivity contribution is -0.0389. The Morgan fingerprint density at radius 3 is 2.29 bits per heavy atom. The summed E-state index contributed by atoms with van der Waals surface area (Å²) < 4.78 is 6.02. The van der Waals surface area contributed by atoms with Gasteiger partial charge in [0.05, 0.1) is 5.60 Å². The summed E-state index contributed by atoms with van der Waals surface area (Å²) in [4.78, 5) is 0. The molecule has 0 radical (unpaired) electrons. The quantitative estimate of drug-likeness (QED) is 0.754. The Labute approximate surface area is 88.4 Å². The van der Waals surface area contributed by atoms with Crippen molar-refractivity contribution < 1.29 is 4.74 Å². The first kappa shape index (κ1) is 12.0. The predicted molar refractivity (Wildman–Crippen MR) is 60.6 cm³/mol. The normalized spacial score (nSPS) is 32.6. The van der Waals surface area contributed by atoms with Crippen molar-refractivity contribution in [2.45, 2.75) is 64.5 Å². The highest BCUT2D eigenvalue weighted by Crippen LogP contribution is 2.27. The molecule has 0 aromatic rings. The number of rotatable bonds is 3. The fraction of sp³-hybridized carbons (Fsp3) is 1.00. The summed E-state index contributed by atoms with van der Waals surface area (Å²) >= 11 is 0. The third-order valence-corrected chi connectivity index (χ3v) is 3.97. The number of hydrogen-bond donors (Lipinski definition) is 1. The van der Waals surface area contributed by atoms with Crippen LogP contribution in [0.5, 0.6) is 0 Å². The van der Waals surface area contributed by atoms with Crippen molar-refractivity contribution >= 4 is 0 Å². The summed E-state index contributed by atoms with van der Waals surface area (Å²) in [6, 6.07) is 0. The largest absolute Gasteiger partial charge is 0.374 e. The van der Waals surface area contributed by atoms with E-state index in [1.165, 1.54) is 6.42 Å². The Hall–Kier alpha value is -0.0800. The highest BCUT2D eigenvalue weighted by atomic mass is 16.5. The van der Waals surface area contributed by atoms with E-state index >= 15 is 0 Å². The molecular weight excluding hydrogens is 174 g/mol. The lowest BCUT2D eigenvalue weighted by Crippen LogP contribution is -2.47. The van der Waals surface area contributed by atoms with Gasteiger partial charge in [-0.05, 0) is 32.6 Å². The molecule has 1 heterocycles. The predicted octanol–water partition coefficient (Wildman–Crippen LogP) is 2.72. The van der Waals surface area contributed by atoms with E-state index in [1.807, 2.05) is 0 Å². The van der Waals surface area contributed by atoms with Crippen LogP contribution in [0.2, 0.25) is 0 Å². The van der Waals surface area contributed by atoms with Gasteiger partial charge in [0, 0.05) is 18.7 Å². The smallest absolute Gasteiger partial charge is 0.0801 e. The summed E-state index contributed by atoms with van der Waals surface area (Å²) in [7, 11) is 0. The van der Waals surface area contributed by atoms with Gasteiger partial charge in [-0.25, -0.2) is 0 Å². The van der Waals surface area contributed by atoms with Crippen LogP contribution in [0.3, 0.4) is 0 Å². The summed E-state index contributed by atoms with van der Waals surface area (Å²) in [5, 5.41) is 3.68. The van der Waals surface area contributed by atoms with Gasteiger partial charge in [-0.1, -0.05) is 20.8 Å². The fourth-order valence-electron chi connectivity index (χ4n) is 2.01. The van der Waals surface area contributed by atoms with Crippen molar-refractivity contribution in [1.29, 1.82) is 0 Å². The molecule has 1 saturated heterocycles. The Balaban J connectivity index is 2.64. The first-order valence-electron chi connectivity index (χ1n) is 5.99. The van der Waals surface area contributed by atoms with E-state index < -0.39 is 0 Å². The summed E-state index contributed by atoms with van der Waals surface area (Å²) in [5.74, 6) is 0. The maximum atomic E-state index is 6.02. The summed E-state index contributed by atoms with van der Waals surface area (Å²) in [6.07, 6.45) is 4.53. The Bertz CT molecular complexity index is 177. The summed E-state index contributed by atoms with van der Waals surface area (Å²) in [5.41, 5.74) is 0.374. The lowest BCUT2D eigenvalue weighted by atomic mass is 9.93. The molecule has 2 nitrogen and oxygen atoms in total. The fourth-order valence-corrected chi connectivity index (χ4v) is 2.01. The monoisotopic (exact) mass is 199 g/mol.